The number of carbonyl (C=O) groups is 2. The SMILES string of the molecule is CC1CN(c2c(F)cc3c(=O)c(C(=O)O)cn4c3c2CCC4C)CC[C@@H]1OC(=O)C(C)(C)C. The summed E-state index contributed by atoms with van der Waals surface area (Å²) in [5, 5.41) is 9.57. The molecule has 0 aliphatic carbocycles. The van der Waals surface area contributed by atoms with Crippen LogP contribution < -0.4 is 10.3 Å². The van der Waals surface area contributed by atoms with Crippen molar-refractivity contribution in [2.45, 2.75) is 66.0 Å². The fourth-order valence-electron chi connectivity index (χ4n) is 4.95. The van der Waals surface area contributed by atoms with Crippen molar-refractivity contribution < 1.29 is 23.8 Å². The number of carbonyl (C=O) groups excluding carboxylic acids is 1. The Labute approximate surface area is 192 Å². The summed E-state index contributed by atoms with van der Waals surface area (Å²) in [4.78, 5) is 38.7. The van der Waals surface area contributed by atoms with Gasteiger partial charge in [0.1, 0.15) is 17.5 Å². The van der Waals surface area contributed by atoms with Gasteiger partial charge in [0.2, 0.25) is 5.43 Å². The van der Waals surface area contributed by atoms with Gasteiger partial charge in [0.15, 0.2) is 0 Å². The van der Waals surface area contributed by atoms with Crippen LogP contribution in [-0.2, 0) is 16.0 Å². The summed E-state index contributed by atoms with van der Waals surface area (Å²) in [6, 6.07) is 1.19. The third-order valence-corrected chi connectivity index (χ3v) is 6.87. The molecule has 1 aromatic heterocycles. The van der Waals surface area contributed by atoms with Crippen molar-refractivity contribution in [3.8, 4) is 0 Å². The molecule has 33 heavy (non-hydrogen) atoms. The van der Waals surface area contributed by atoms with Crippen LogP contribution >= 0.6 is 0 Å². The highest BCUT2D eigenvalue weighted by Crippen LogP contribution is 2.39. The Balaban J connectivity index is 1.74. The van der Waals surface area contributed by atoms with Crippen LogP contribution in [0.3, 0.4) is 0 Å². The molecule has 0 radical (unpaired) electrons. The molecule has 3 atom stereocenters. The van der Waals surface area contributed by atoms with Crippen molar-refractivity contribution in [2.24, 2.45) is 11.3 Å². The molecule has 2 unspecified atom stereocenters. The number of esters is 1. The molecule has 1 saturated heterocycles. The lowest BCUT2D eigenvalue weighted by atomic mass is 9.90. The van der Waals surface area contributed by atoms with Gasteiger partial charge in [-0.3, -0.25) is 9.59 Å². The van der Waals surface area contributed by atoms with Gasteiger partial charge in [0.05, 0.1) is 16.6 Å². The van der Waals surface area contributed by atoms with Crippen LogP contribution in [0.5, 0.6) is 0 Å². The van der Waals surface area contributed by atoms with E-state index in [0.717, 1.165) is 12.0 Å². The summed E-state index contributed by atoms with van der Waals surface area (Å²) >= 11 is 0. The molecule has 0 saturated carbocycles. The maximum absolute atomic E-state index is 15.5. The van der Waals surface area contributed by atoms with Gasteiger partial charge in [0, 0.05) is 48.6 Å². The van der Waals surface area contributed by atoms with Crippen molar-refractivity contribution in [2.75, 3.05) is 18.0 Å². The molecule has 2 aliphatic rings. The number of hydrogen-bond acceptors (Lipinski definition) is 5. The van der Waals surface area contributed by atoms with Crippen molar-refractivity contribution in [1.82, 2.24) is 4.57 Å². The number of aryl methyl sites for hydroxylation is 1. The average Bonchev–Trinajstić information content (AvgIpc) is 2.72. The van der Waals surface area contributed by atoms with Gasteiger partial charge in [0.25, 0.3) is 0 Å². The lowest BCUT2D eigenvalue weighted by Crippen LogP contribution is -2.45. The Morgan fingerprint density at radius 3 is 2.52 bits per heavy atom. The first kappa shape index (κ1) is 23.3. The summed E-state index contributed by atoms with van der Waals surface area (Å²) in [5.74, 6) is -2.07. The number of halogens is 1. The van der Waals surface area contributed by atoms with E-state index in [4.69, 9.17) is 4.74 Å². The zero-order chi connectivity index (χ0) is 24.2. The highest BCUT2D eigenvalue weighted by atomic mass is 19.1. The second-order valence-corrected chi connectivity index (χ2v) is 10.5. The van der Waals surface area contributed by atoms with Crippen molar-refractivity contribution in [1.29, 1.82) is 0 Å². The van der Waals surface area contributed by atoms with Gasteiger partial charge in [-0.25, -0.2) is 9.18 Å². The van der Waals surface area contributed by atoms with Gasteiger partial charge >= 0.3 is 11.9 Å². The number of aromatic nitrogens is 1. The number of ether oxygens (including phenoxy) is 1. The number of hydrogen-bond donors (Lipinski definition) is 1. The maximum Gasteiger partial charge on any atom is 0.341 e. The van der Waals surface area contributed by atoms with E-state index in [-0.39, 0.29) is 35.0 Å². The number of rotatable bonds is 3. The second-order valence-electron chi connectivity index (χ2n) is 10.5. The lowest BCUT2D eigenvalue weighted by Gasteiger charge is -2.40. The Morgan fingerprint density at radius 1 is 1.21 bits per heavy atom. The Kier molecular flexibility index (Phi) is 5.75. The van der Waals surface area contributed by atoms with Crippen molar-refractivity contribution in [3.63, 3.8) is 0 Å². The number of carboxylic acid groups (broad SMARTS) is 1. The molecule has 1 aromatic carbocycles. The van der Waals surface area contributed by atoms with E-state index < -0.39 is 22.6 Å². The summed E-state index contributed by atoms with van der Waals surface area (Å²) < 4.78 is 23.0. The van der Waals surface area contributed by atoms with Crippen molar-refractivity contribution in [3.05, 3.63) is 39.4 Å². The first-order valence-electron chi connectivity index (χ1n) is 11.5. The van der Waals surface area contributed by atoms with Gasteiger partial charge in [-0.15, -0.1) is 0 Å². The molecule has 0 amide bonds. The first-order chi connectivity index (χ1) is 15.4. The van der Waals surface area contributed by atoms with Crippen LogP contribution in [-0.4, -0.2) is 40.8 Å². The number of nitrogens with zero attached hydrogens (tertiary/aromatic N) is 2. The molecule has 178 valence electrons. The second kappa shape index (κ2) is 8.15. The van der Waals surface area contributed by atoms with Crippen LogP contribution in [0.25, 0.3) is 10.9 Å². The third kappa shape index (κ3) is 4.00. The quantitative estimate of drug-likeness (QED) is 0.695. The number of pyridine rings is 1. The molecule has 7 nitrogen and oxygen atoms in total. The van der Waals surface area contributed by atoms with E-state index >= 15 is 4.39 Å². The Hall–Kier alpha value is -2.90. The monoisotopic (exact) mass is 458 g/mol. The molecule has 2 aromatic rings. The number of anilines is 1. The fraction of sp³-hybridized carbons (Fsp3) is 0.560. The number of aromatic carboxylic acids is 1. The topological polar surface area (TPSA) is 88.8 Å². The molecule has 8 heteroatoms. The fourth-order valence-corrected chi connectivity index (χ4v) is 4.95. The molecule has 1 N–H and O–H groups in total. The predicted octanol–water partition coefficient (Wildman–Crippen LogP) is 4.15. The van der Waals surface area contributed by atoms with Crippen LogP contribution in [0.1, 0.15) is 69.4 Å². The molecule has 3 heterocycles. The minimum Gasteiger partial charge on any atom is -0.477 e. The minimum atomic E-state index is -1.31. The molecule has 1 fully saturated rings. The molecule has 0 bridgehead atoms. The summed E-state index contributed by atoms with van der Waals surface area (Å²) in [6.07, 6.45) is 3.06. The predicted molar refractivity (Wildman–Crippen MR) is 123 cm³/mol. The standard InChI is InChI=1S/C25H31FN2O5/c1-13-11-27(9-8-19(13)33-24(32)25(3,4)5)21-15-7-6-14(2)28-12-17(23(30)31)22(29)16(20(15)28)10-18(21)26/h10,12-14,19H,6-9,11H2,1-5H3,(H,30,31)/t13?,14?,19-/m0/s1. The molecule has 0 spiro atoms. The van der Waals surface area contributed by atoms with Gasteiger partial charge in [-0.1, -0.05) is 6.92 Å². The van der Waals surface area contributed by atoms with Gasteiger partial charge in [-0.05, 0) is 46.6 Å². The zero-order valence-electron chi connectivity index (χ0n) is 19.8. The van der Waals surface area contributed by atoms with Gasteiger partial charge < -0.3 is 19.3 Å². The van der Waals surface area contributed by atoms with Crippen LogP contribution in [0.2, 0.25) is 0 Å². The lowest BCUT2D eigenvalue weighted by molar-refractivity contribution is -0.162. The highest BCUT2D eigenvalue weighted by molar-refractivity contribution is 5.95. The van der Waals surface area contributed by atoms with E-state index in [1.165, 1.54) is 12.3 Å². The van der Waals surface area contributed by atoms with E-state index in [2.05, 4.69) is 0 Å². The number of benzene rings is 1. The smallest absolute Gasteiger partial charge is 0.341 e. The summed E-state index contributed by atoms with van der Waals surface area (Å²) in [6.45, 7) is 10.5. The van der Waals surface area contributed by atoms with Crippen molar-refractivity contribution >= 4 is 28.5 Å². The van der Waals surface area contributed by atoms with E-state index in [1.54, 1.807) is 0 Å². The van der Waals surface area contributed by atoms with Crippen LogP contribution in [0, 0.1) is 17.2 Å². The summed E-state index contributed by atoms with van der Waals surface area (Å²) in [5.41, 5.74) is 0.252. The largest absolute Gasteiger partial charge is 0.477 e. The van der Waals surface area contributed by atoms with E-state index in [1.807, 2.05) is 44.1 Å². The molecular weight excluding hydrogens is 427 g/mol. The third-order valence-electron chi connectivity index (χ3n) is 6.87. The van der Waals surface area contributed by atoms with E-state index in [0.29, 0.717) is 37.1 Å². The highest BCUT2D eigenvalue weighted by Gasteiger charge is 2.35. The zero-order valence-corrected chi connectivity index (χ0v) is 19.8. The Bertz CT molecular complexity index is 1200. The first-order valence-corrected chi connectivity index (χ1v) is 11.5. The van der Waals surface area contributed by atoms with Gasteiger partial charge in [-0.2, -0.15) is 0 Å². The molecular formula is C25H31FN2O5. The molecule has 4 rings (SSSR count). The van der Waals surface area contributed by atoms with E-state index in [9.17, 15) is 19.5 Å². The Morgan fingerprint density at radius 2 is 1.91 bits per heavy atom. The number of carboxylic acids is 1. The average molecular weight is 459 g/mol. The van der Waals surface area contributed by atoms with Crippen LogP contribution in [0.15, 0.2) is 17.1 Å². The maximum atomic E-state index is 15.5. The van der Waals surface area contributed by atoms with Crippen LogP contribution in [0.4, 0.5) is 10.1 Å². The minimum absolute atomic E-state index is 0.00141. The normalized spacial score (nSPS) is 23.0. The molecule has 2 aliphatic heterocycles. The summed E-state index contributed by atoms with van der Waals surface area (Å²) in [7, 11) is 0. The number of piperidine rings is 1.